The summed E-state index contributed by atoms with van der Waals surface area (Å²) < 4.78 is 4.65. The predicted octanol–water partition coefficient (Wildman–Crippen LogP) is 0.823. The Morgan fingerprint density at radius 2 is 2.67 bits per heavy atom. The van der Waals surface area contributed by atoms with Crippen molar-refractivity contribution in [1.29, 1.82) is 0 Å². The largest absolute Gasteiger partial charge is 0.343 e. The molecule has 2 atom stereocenters. The fourth-order valence-corrected chi connectivity index (χ4v) is 2.69. The van der Waals surface area contributed by atoms with E-state index in [2.05, 4.69) is 14.7 Å². The maximum absolute atomic E-state index is 5.95. The number of hydrogen-bond acceptors (Lipinski definition) is 5. The summed E-state index contributed by atoms with van der Waals surface area (Å²) in [5.41, 5.74) is 5.95. The molecular weight excluding hydrogens is 174 g/mol. The Bertz CT molecular complexity index is 233. The normalized spacial score (nSPS) is 25.9. The number of aromatic nitrogens is 2. The van der Waals surface area contributed by atoms with Crippen molar-refractivity contribution in [2.75, 3.05) is 11.5 Å². The molecule has 0 spiro atoms. The molecule has 0 aliphatic carbocycles. The van der Waals surface area contributed by atoms with E-state index >= 15 is 0 Å². The summed E-state index contributed by atoms with van der Waals surface area (Å²) >= 11 is 1.94. The van der Waals surface area contributed by atoms with E-state index in [1.54, 1.807) is 0 Å². The van der Waals surface area contributed by atoms with Crippen LogP contribution in [0.4, 0.5) is 0 Å². The second-order valence-corrected chi connectivity index (χ2v) is 4.09. The summed E-state index contributed by atoms with van der Waals surface area (Å²) in [5.74, 6) is 3.49. The minimum Gasteiger partial charge on any atom is -0.343 e. The van der Waals surface area contributed by atoms with Crippen LogP contribution in [0.2, 0.25) is 0 Å². The molecule has 5 heteroatoms. The van der Waals surface area contributed by atoms with Gasteiger partial charge >= 0.3 is 0 Å². The van der Waals surface area contributed by atoms with Crippen LogP contribution in [0.25, 0.3) is 0 Å². The number of nitrogens with two attached hydrogens (primary N) is 1. The van der Waals surface area contributed by atoms with Crippen molar-refractivity contribution < 1.29 is 4.52 Å². The molecule has 0 radical (unpaired) electrons. The molecular formula is C7H11N3OS. The molecule has 0 bridgehead atoms. The van der Waals surface area contributed by atoms with Gasteiger partial charge in [-0.1, -0.05) is 5.16 Å². The van der Waals surface area contributed by atoms with Gasteiger partial charge in [0.2, 0.25) is 6.39 Å². The first kappa shape index (κ1) is 8.07. The zero-order valence-corrected chi connectivity index (χ0v) is 7.46. The van der Waals surface area contributed by atoms with Crippen LogP contribution < -0.4 is 5.73 Å². The molecule has 2 rings (SSSR count). The lowest BCUT2D eigenvalue weighted by molar-refractivity contribution is 0.386. The van der Waals surface area contributed by atoms with E-state index in [-0.39, 0.29) is 6.04 Å². The molecule has 4 nitrogen and oxygen atoms in total. The van der Waals surface area contributed by atoms with E-state index in [1.807, 2.05) is 11.8 Å². The molecule has 2 N–H and O–H groups in total. The SMILES string of the molecule is NC(c1ncon1)C1CCSC1. The highest BCUT2D eigenvalue weighted by Crippen LogP contribution is 2.31. The first-order valence-corrected chi connectivity index (χ1v) is 5.13. The summed E-state index contributed by atoms with van der Waals surface area (Å²) in [6, 6.07) is -0.0428. The van der Waals surface area contributed by atoms with Gasteiger partial charge in [0.15, 0.2) is 5.82 Å². The highest BCUT2D eigenvalue weighted by molar-refractivity contribution is 7.99. The Balaban J connectivity index is 2.04. The molecule has 1 aliphatic rings. The maximum atomic E-state index is 5.95. The fraction of sp³-hybridized carbons (Fsp3) is 0.714. The Labute approximate surface area is 74.9 Å². The van der Waals surface area contributed by atoms with Gasteiger partial charge < -0.3 is 10.3 Å². The summed E-state index contributed by atoms with van der Waals surface area (Å²) in [4.78, 5) is 3.95. The zero-order valence-electron chi connectivity index (χ0n) is 6.64. The van der Waals surface area contributed by atoms with Gasteiger partial charge in [-0.05, 0) is 23.8 Å². The van der Waals surface area contributed by atoms with E-state index in [4.69, 9.17) is 5.73 Å². The summed E-state index contributed by atoms with van der Waals surface area (Å²) in [5, 5.41) is 3.74. The lowest BCUT2D eigenvalue weighted by Crippen LogP contribution is -2.22. The quantitative estimate of drug-likeness (QED) is 0.739. The third-order valence-electron chi connectivity index (χ3n) is 2.15. The van der Waals surface area contributed by atoms with Gasteiger partial charge in [0, 0.05) is 0 Å². The van der Waals surface area contributed by atoms with Crippen LogP contribution in [0.5, 0.6) is 0 Å². The van der Waals surface area contributed by atoms with Gasteiger partial charge in [-0.25, -0.2) is 0 Å². The van der Waals surface area contributed by atoms with Crippen molar-refractivity contribution >= 4 is 11.8 Å². The number of nitrogens with zero attached hydrogens (tertiary/aromatic N) is 2. The van der Waals surface area contributed by atoms with Gasteiger partial charge in [0.25, 0.3) is 0 Å². The van der Waals surface area contributed by atoms with Crippen molar-refractivity contribution in [3.05, 3.63) is 12.2 Å². The Morgan fingerprint density at radius 3 is 3.25 bits per heavy atom. The van der Waals surface area contributed by atoms with Gasteiger partial charge in [0.1, 0.15) is 0 Å². The summed E-state index contributed by atoms with van der Waals surface area (Å²) in [6.45, 7) is 0. The Hall–Kier alpha value is -0.550. The van der Waals surface area contributed by atoms with Crippen molar-refractivity contribution in [2.24, 2.45) is 11.7 Å². The number of hydrogen-bond donors (Lipinski definition) is 1. The van der Waals surface area contributed by atoms with Crippen molar-refractivity contribution in [2.45, 2.75) is 12.5 Å². The molecule has 66 valence electrons. The monoisotopic (exact) mass is 185 g/mol. The van der Waals surface area contributed by atoms with Gasteiger partial charge in [-0.3, -0.25) is 0 Å². The van der Waals surface area contributed by atoms with Crippen LogP contribution >= 0.6 is 11.8 Å². The van der Waals surface area contributed by atoms with E-state index in [9.17, 15) is 0 Å². The molecule has 12 heavy (non-hydrogen) atoms. The summed E-state index contributed by atoms with van der Waals surface area (Å²) in [7, 11) is 0. The molecule has 2 unspecified atom stereocenters. The first-order chi connectivity index (χ1) is 5.88. The summed E-state index contributed by atoms with van der Waals surface area (Å²) in [6.07, 6.45) is 2.50. The van der Waals surface area contributed by atoms with Gasteiger partial charge in [-0.2, -0.15) is 16.7 Å². The van der Waals surface area contributed by atoms with E-state index in [0.29, 0.717) is 11.7 Å². The molecule has 0 amide bonds. The van der Waals surface area contributed by atoms with Crippen LogP contribution in [0.3, 0.4) is 0 Å². The minimum atomic E-state index is -0.0428. The molecule has 1 aliphatic heterocycles. The molecule has 1 aromatic heterocycles. The second-order valence-electron chi connectivity index (χ2n) is 2.94. The van der Waals surface area contributed by atoms with E-state index in [1.165, 1.54) is 18.6 Å². The number of thioether (sulfide) groups is 1. The van der Waals surface area contributed by atoms with Gasteiger partial charge in [0.05, 0.1) is 6.04 Å². The Morgan fingerprint density at radius 1 is 1.75 bits per heavy atom. The topological polar surface area (TPSA) is 64.9 Å². The fourth-order valence-electron chi connectivity index (χ4n) is 1.37. The zero-order chi connectivity index (χ0) is 8.39. The van der Waals surface area contributed by atoms with Crippen LogP contribution in [0, 0.1) is 5.92 Å². The average Bonchev–Trinajstić information content (AvgIpc) is 2.77. The minimum absolute atomic E-state index is 0.0428. The molecule has 0 saturated carbocycles. The predicted molar refractivity (Wildman–Crippen MR) is 46.7 cm³/mol. The van der Waals surface area contributed by atoms with Crippen molar-refractivity contribution in [3.8, 4) is 0 Å². The molecule has 2 heterocycles. The third kappa shape index (κ3) is 1.47. The van der Waals surface area contributed by atoms with Crippen molar-refractivity contribution in [1.82, 2.24) is 10.1 Å². The lowest BCUT2D eigenvalue weighted by Gasteiger charge is -2.13. The molecule has 1 saturated heterocycles. The standard InChI is InChI=1S/C7H11N3OS/c8-6(5-1-2-12-3-5)7-9-4-11-10-7/h4-6H,1-3,8H2. The molecule has 0 aromatic carbocycles. The highest BCUT2D eigenvalue weighted by Gasteiger charge is 2.26. The van der Waals surface area contributed by atoms with Crippen molar-refractivity contribution in [3.63, 3.8) is 0 Å². The number of rotatable bonds is 2. The maximum Gasteiger partial charge on any atom is 0.213 e. The molecule has 1 aromatic rings. The Kier molecular flexibility index (Phi) is 2.32. The van der Waals surface area contributed by atoms with Crippen LogP contribution in [-0.2, 0) is 0 Å². The van der Waals surface area contributed by atoms with Crippen LogP contribution in [0.1, 0.15) is 18.3 Å². The second kappa shape index (κ2) is 3.45. The van der Waals surface area contributed by atoms with Gasteiger partial charge in [-0.15, -0.1) is 0 Å². The van der Waals surface area contributed by atoms with Crippen LogP contribution in [-0.4, -0.2) is 21.6 Å². The average molecular weight is 185 g/mol. The van der Waals surface area contributed by atoms with E-state index in [0.717, 1.165) is 5.75 Å². The third-order valence-corrected chi connectivity index (χ3v) is 3.34. The van der Waals surface area contributed by atoms with E-state index < -0.39 is 0 Å². The smallest absolute Gasteiger partial charge is 0.213 e. The lowest BCUT2D eigenvalue weighted by atomic mass is 10.00. The first-order valence-electron chi connectivity index (χ1n) is 3.97. The molecule has 1 fully saturated rings. The highest BCUT2D eigenvalue weighted by atomic mass is 32.2. The van der Waals surface area contributed by atoms with Crippen LogP contribution in [0.15, 0.2) is 10.9 Å².